The van der Waals surface area contributed by atoms with Gasteiger partial charge < -0.3 is 9.67 Å². The van der Waals surface area contributed by atoms with Gasteiger partial charge in [0.1, 0.15) is 0 Å². The van der Waals surface area contributed by atoms with Crippen molar-refractivity contribution in [3.05, 3.63) is 23.0 Å². The number of hydrogen-bond acceptors (Lipinski definition) is 1. The molecular weight excluding hydrogens is 214 g/mol. The second kappa shape index (κ2) is 5.39. The number of carboxylic acid groups (broad SMARTS) is 1. The fourth-order valence-corrected chi connectivity index (χ4v) is 2.35. The zero-order valence-corrected chi connectivity index (χ0v) is 11.4. The maximum absolute atomic E-state index is 11.2. The Morgan fingerprint density at radius 1 is 1.41 bits per heavy atom. The number of aromatic nitrogens is 1. The molecule has 0 aromatic carbocycles. The number of carbonyl (C=O) groups is 1. The third kappa shape index (κ3) is 2.90. The van der Waals surface area contributed by atoms with Crippen LogP contribution in [-0.2, 0) is 11.3 Å². The van der Waals surface area contributed by atoms with Gasteiger partial charge in [-0.15, -0.1) is 0 Å². The van der Waals surface area contributed by atoms with Gasteiger partial charge in [-0.05, 0) is 37.8 Å². The third-order valence-electron chi connectivity index (χ3n) is 3.24. The molecule has 1 aromatic rings. The first kappa shape index (κ1) is 13.8. The van der Waals surface area contributed by atoms with E-state index in [1.54, 1.807) is 0 Å². The molecule has 0 fully saturated rings. The summed E-state index contributed by atoms with van der Waals surface area (Å²) in [6, 6.07) is 2.03. The quantitative estimate of drug-likeness (QED) is 0.853. The molecule has 3 nitrogen and oxygen atoms in total. The van der Waals surface area contributed by atoms with Gasteiger partial charge in [0.15, 0.2) is 0 Å². The summed E-state index contributed by atoms with van der Waals surface area (Å²) < 4.78 is 2.23. The molecule has 0 aliphatic heterocycles. The Hall–Kier alpha value is -1.25. The number of hydrogen-bond donors (Lipinski definition) is 1. The van der Waals surface area contributed by atoms with E-state index in [4.69, 9.17) is 0 Å². The number of carboxylic acids is 1. The van der Waals surface area contributed by atoms with Crippen molar-refractivity contribution < 1.29 is 9.90 Å². The smallest absolute Gasteiger partial charge is 0.311 e. The van der Waals surface area contributed by atoms with E-state index in [2.05, 4.69) is 18.4 Å². The van der Waals surface area contributed by atoms with Gasteiger partial charge in [0.05, 0.1) is 5.92 Å². The zero-order chi connectivity index (χ0) is 13.2. The Morgan fingerprint density at radius 2 is 2.00 bits per heavy atom. The molecule has 1 heterocycles. The summed E-state index contributed by atoms with van der Waals surface area (Å²) in [6.45, 7) is 11.3. The van der Waals surface area contributed by atoms with E-state index in [9.17, 15) is 9.90 Å². The largest absolute Gasteiger partial charge is 0.481 e. The van der Waals surface area contributed by atoms with Gasteiger partial charge in [-0.1, -0.05) is 20.8 Å². The Balaban J connectivity index is 3.15. The first-order valence-electron chi connectivity index (χ1n) is 6.27. The fraction of sp³-hybridized carbons (Fsp3) is 0.643. The minimum absolute atomic E-state index is 0.373. The van der Waals surface area contributed by atoms with Crippen molar-refractivity contribution in [2.24, 2.45) is 5.92 Å². The second-order valence-corrected chi connectivity index (χ2v) is 5.13. The summed E-state index contributed by atoms with van der Waals surface area (Å²) in [5.74, 6) is -0.531. The van der Waals surface area contributed by atoms with Crippen LogP contribution in [-0.4, -0.2) is 15.6 Å². The van der Waals surface area contributed by atoms with Crippen LogP contribution in [0.5, 0.6) is 0 Å². The molecule has 0 saturated carbocycles. The zero-order valence-electron chi connectivity index (χ0n) is 11.4. The summed E-state index contributed by atoms with van der Waals surface area (Å²) >= 11 is 0. The van der Waals surface area contributed by atoms with Crippen LogP contribution in [0.4, 0.5) is 0 Å². The van der Waals surface area contributed by atoms with Gasteiger partial charge in [-0.25, -0.2) is 0 Å². The molecule has 1 atom stereocenters. The van der Waals surface area contributed by atoms with E-state index in [0.717, 1.165) is 23.5 Å². The molecule has 0 aliphatic rings. The lowest BCUT2D eigenvalue weighted by Gasteiger charge is -2.14. The maximum atomic E-state index is 11.2. The highest BCUT2D eigenvalue weighted by molar-refractivity contribution is 5.76. The average Bonchev–Trinajstić information content (AvgIpc) is 2.46. The molecule has 0 spiro atoms. The molecule has 1 aromatic heterocycles. The van der Waals surface area contributed by atoms with Crippen molar-refractivity contribution in [2.75, 3.05) is 0 Å². The summed E-state index contributed by atoms with van der Waals surface area (Å²) in [5.41, 5.74) is 3.23. The molecular formula is C14H23NO2. The highest BCUT2D eigenvalue weighted by atomic mass is 16.4. The Morgan fingerprint density at radius 3 is 2.41 bits per heavy atom. The Kier molecular flexibility index (Phi) is 4.38. The van der Waals surface area contributed by atoms with Crippen LogP contribution in [0.3, 0.4) is 0 Å². The minimum Gasteiger partial charge on any atom is -0.481 e. The van der Waals surface area contributed by atoms with Crippen molar-refractivity contribution in [1.29, 1.82) is 0 Å². The second-order valence-electron chi connectivity index (χ2n) is 5.13. The SMILES string of the molecule is CCC(C(=O)O)c1cc(C)n(CC(C)C)c1C. The van der Waals surface area contributed by atoms with Crippen molar-refractivity contribution in [2.45, 2.75) is 53.5 Å². The molecule has 0 saturated heterocycles. The first-order valence-corrected chi connectivity index (χ1v) is 6.27. The van der Waals surface area contributed by atoms with Crippen LogP contribution in [0.2, 0.25) is 0 Å². The number of aryl methyl sites for hydroxylation is 1. The molecule has 0 radical (unpaired) electrons. The van der Waals surface area contributed by atoms with E-state index in [0.29, 0.717) is 12.3 Å². The summed E-state index contributed by atoms with van der Waals surface area (Å²) in [4.78, 5) is 11.2. The van der Waals surface area contributed by atoms with E-state index < -0.39 is 5.97 Å². The average molecular weight is 237 g/mol. The van der Waals surface area contributed by atoms with E-state index in [-0.39, 0.29) is 5.92 Å². The van der Waals surface area contributed by atoms with Gasteiger partial charge >= 0.3 is 5.97 Å². The van der Waals surface area contributed by atoms with Crippen LogP contribution in [0.1, 0.15) is 50.1 Å². The summed E-state index contributed by atoms with van der Waals surface area (Å²) in [6.07, 6.45) is 0.640. The highest BCUT2D eigenvalue weighted by Crippen LogP contribution is 2.27. The van der Waals surface area contributed by atoms with Gasteiger partial charge in [0, 0.05) is 17.9 Å². The van der Waals surface area contributed by atoms with E-state index >= 15 is 0 Å². The van der Waals surface area contributed by atoms with Crippen molar-refractivity contribution in [1.82, 2.24) is 4.57 Å². The molecule has 96 valence electrons. The van der Waals surface area contributed by atoms with Gasteiger partial charge in [0.2, 0.25) is 0 Å². The molecule has 1 N–H and O–H groups in total. The third-order valence-corrected chi connectivity index (χ3v) is 3.24. The molecule has 0 amide bonds. The molecule has 1 unspecified atom stereocenters. The molecule has 0 aliphatic carbocycles. The predicted octanol–water partition coefficient (Wildman–Crippen LogP) is 3.34. The lowest BCUT2D eigenvalue weighted by atomic mass is 9.97. The van der Waals surface area contributed by atoms with Crippen LogP contribution in [0.15, 0.2) is 6.07 Å². The van der Waals surface area contributed by atoms with Gasteiger partial charge in [-0.2, -0.15) is 0 Å². The lowest BCUT2D eigenvalue weighted by molar-refractivity contribution is -0.138. The molecule has 17 heavy (non-hydrogen) atoms. The Bertz CT molecular complexity index is 405. The predicted molar refractivity (Wildman–Crippen MR) is 69.4 cm³/mol. The fourth-order valence-electron chi connectivity index (χ4n) is 2.35. The van der Waals surface area contributed by atoms with Gasteiger partial charge in [0.25, 0.3) is 0 Å². The van der Waals surface area contributed by atoms with Crippen LogP contribution in [0, 0.1) is 19.8 Å². The topological polar surface area (TPSA) is 42.2 Å². The number of rotatable bonds is 5. The molecule has 0 bridgehead atoms. The molecule has 3 heteroatoms. The van der Waals surface area contributed by atoms with Crippen LogP contribution < -0.4 is 0 Å². The monoisotopic (exact) mass is 237 g/mol. The standard InChI is InChI=1S/C14H23NO2/c1-6-12(14(16)17)13-7-10(4)15(11(13)5)8-9(2)3/h7,9,12H,6,8H2,1-5H3,(H,16,17). The number of aliphatic carboxylic acids is 1. The van der Waals surface area contributed by atoms with E-state index in [1.165, 1.54) is 0 Å². The van der Waals surface area contributed by atoms with Crippen molar-refractivity contribution >= 4 is 5.97 Å². The minimum atomic E-state index is -0.725. The van der Waals surface area contributed by atoms with Crippen LogP contribution in [0.25, 0.3) is 0 Å². The highest BCUT2D eigenvalue weighted by Gasteiger charge is 2.22. The Labute approximate surface area is 103 Å². The number of nitrogens with zero attached hydrogens (tertiary/aromatic N) is 1. The van der Waals surface area contributed by atoms with Crippen LogP contribution >= 0.6 is 0 Å². The summed E-state index contributed by atoms with van der Waals surface area (Å²) in [5, 5.41) is 9.22. The van der Waals surface area contributed by atoms with Crippen molar-refractivity contribution in [3.63, 3.8) is 0 Å². The van der Waals surface area contributed by atoms with Gasteiger partial charge in [-0.3, -0.25) is 4.79 Å². The van der Waals surface area contributed by atoms with E-state index in [1.807, 2.05) is 26.8 Å². The summed E-state index contributed by atoms with van der Waals surface area (Å²) in [7, 11) is 0. The normalized spacial score (nSPS) is 13.1. The first-order chi connectivity index (χ1) is 7.88. The maximum Gasteiger partial charge on any atom is 0.311 e. The lowest BCUT2D eigenvalue weighted by Crippen LogP contribution is -2.13. The van der Waals surface area contributed by atoms with Crippen molar-refractivity contribution in [3.8, 4) is 0 Å². The molecule has 1 rings (SSSR count).